The lowest BCUT2D eigenvalue weighted by molar-refractivity contribution is -0.154. The molecule has 0 saturated carbocycles. The van der Waals surface area contributed by atoms with Gasteiger partial charge in [-0.3, -0.25) is 28.9 Å². The summed E-state index contributed by atoms with van der Waals surface area (Å²) < 4.78 is 28.0. The first kappa shape index (κ1) is 45.2. The second-order valence-electron chi connectivity index (χ2n) is 13.8. The lowest BCUT2D eigenvalue weighted by Gasteiger charge is -2.49. The van der Waals surface area contributed by atoms with Gasteiger partial charge in [0.05, 0.1) is 5.56 Å². The predicted octanol–water partition coefficient (Wildman–Crippen LogP) is 2.90. The number of nitrogens with two attached hydrogens (primary N) is 1. The van der Waals surface area contributed by atoms with Gasteiger partial charge < -0.3 is 39.3 Å². The third-order valence-corrected chi connectivity index (χ3v) is 11.6. The Balaban J connectivity index is 1.16. The molecular formula is C41H35N9O13S2. The second kappa shape index (κ2) is 19.7. The fourth-order valence-corrected chi connectivity index (χ4v) is 8.71. The maximum absolute atomic E-state index is 14.4. The van der Waals surface area contributed by atoms with E-state index >= 15 is 0 Å². The normalized spacial score (nSPS) is 15.7. The van der Waals surface area contributed by atoms with Crippen LogP contribution in [-0.2, 0) is 45.4 Å². The monoisotopic (exact) mass is 925 g/mol. The lowest BCUT2D eigenvalue weighted by atomic mass is 10.0. The van der Waals surface area contributed by atoms with E-state index in [1.807, 2.05) is 60.7 Å². The number of β-lactam (4-membered cyclic amide) rings is 1. The van der Waals surface area contributed by atoms with E-state index in [1.54, 1.807) is 7.05 Å². The number of esters is 4. The summed E-state index contributed by atoms with van der Waals surface area (Å²) in [4.78, 5) is 102. The van der Waals surface area contributed by atoms with Gasteiger partial charge in [0.1, 0.15) is 29.1 Å². The van der Waals surface area contributed by atoms with Crippen LogP contribution in [0.2, 0.25) is 0 Å². The fourth-order valence-electron chi connectivity index (χ4n) is 6.38. The molecule has 0 spiro atoms. The first-order valence-corrected chi connectivity index (χ1v) is 21.1. The molecule has 22 nitrogen and oxygen atoms in total. The topological polar surface area (TPSA) is 289 Å². The Labute approximate surface area is 375 Å². The third kappa shape index (κ3) is 10.3. The standard InChI is InChI=1S/C41H35N9O13S2/c1-20(51)59-28-15-25(16-29(60-21(2)52)34(28)61-22(3)53)38(56)63-46-30(27-17-58-40(42)43-27)35(54)44-31-36(55)50-32(26(18-64-37(31)50)19-65-41-45-47-48-49(41)4)39(57)62-33(23-11-7-5-8-12-23)24-13-9-6-10-14-24/h5-17,31,33,37H,18-19H2,1-4H3,(H2,42,43)(H,44,54)/b46-30-/t31-,37+/m1/s1. The molecule has 3 aromatic carbocycles. The number of hydrogen-bond donors (Lipinski definition) is 2. The van der Waals surface area contributed by atoms with Gasteiger partial charge >= 0.3 is 29.8 Å². The van der Waals surface area contributed by atoms with Crippen LogP contribution in [0.1, 0.15) is 54.1 Å². The summed E-state index contributed by atoms with van der Waals surface area (Å²) in [5.74, 6) is -7.56. The number of thioether (sulfide) groups is 2. The van der Waals surface area contributed by atoms with Crippen molar-refractivity contribution in [3.8, 4) is 17.2 Å². The van der Waals surface area contributed by atoms with Crippen LogP contribution in [0.5, 0.6) is 17.2 Å². The molecule has 1 saturated heterocycles. The number of nitrogens with one attached hydrogen (secondary N) is 1. The molecule has 0 aliphatic carbocycles. The number of carbonyl (C=O) groups is 7. The molecule has 2 aliphatic rings. The molecule has 4 heterocycles. The summed E-state index contributed by atoms with van der Waals surface area (Å²) in [6, 6.07) is 18.4. The van der Waals surface area contributed by atoms with Crippen molar-refractivity contribution < 1.29 is 61.8 Å². The Kier molecular flexibility index (Phi) is 13.7. The van der Waals surface area contributed by atoms with Crippen molar-refractivity contribution in [3.05, 3.63) is 113 Å². The van der Waals surface area contributed by atoms with Gasteiger partial charge in [0.25, 0.3) is 17.8 Å². The number of nitrogen functional groups attached to an aromatic ring is 1. The van der Waals surface area contributed by atoms with Gasteiger partial charge in [-0.05, 0) is 39.3 Å². The molecule has 0 unspecified atom stereocenters. The van der Waals surface area contributed by atoms with E-state index in [-0.39, 0.29) is 22.9 Å². The van der Waals surface area contributed by atoms with E-state index in [1.165, 1.54) is 33.1 Å². The minimum Gasteiger partial charge on any atom is -0.448 e. The van der Waals surface area contributed by atoms with Gasteiger partial charge in [-0.2, -0.15) is 4.98 Å². The number of aromatic nitrogens is 5. The van der Waals surface area contributed by atoms with E-state index in [9.17, 15) is 33.6 Å². The molecule has 5 aromatic rings. The number of nitrogens with zero attached hydrogens (tertiary/aromatic N) is 7. The van der Waals surface area contributed by atoms with Crippen molar-refractivity contribution in [1.29, 1.82) is 0 Å². The summed E-state index contributed by atoms with van der Waals surface area (Å²) >= 11 is 2.51. The highest BCUT2D eigenvalue weighted by Gasteiger charge is 2.55. The van der Waals surface area contributed by atoms with Gasteiger partial charge in [0, 0.05) is 39.3 Å². The summed E-state index contributed by atoms with van der Waals surface area (Å²) in [6.07, 6.45) is 0.0968. The molecule has 0 radical (unpaired) electrons. The molecular weight excluding hydrogens is 891 g/mol. The third-order valence-electron chi connectivity index (χ3n) is 9.12. The van der Waals surface area contributed by atoms with Crippen LogP contribution in [0.3, 0.4) is 0 Å². The molecule has 2 aliphatic heterocycles. The Bertz CT molecular complexity index is 2680. The summed E-state index contributed by atoms with van der Waals surface area (Å²) in [5, 5.41) is 17.5. The lowest BCUT2D eigenvalue weighted by Crippen LogP contribution is -2.71. The van der Waals surface area contributed by atoms with E-state index in [0.29, 0.717) is 21.9 Å². The van der Waals surface area contributed by atoms with Gasteiger partial charge in [-0.25, -0.2) is 14.3 Å². The molecule has 65 heavy (non-hydrogen) atoms. The number of amides is 2. The second-order valence-corrected chi connectivity index (χ2v) is 15.8. The zero-order valence-electron chi connectivity index (χ0n) is 34.5. The van der Waals surface area contributed by atoms with Gasteiger partial charge in [-0.15, -0.1) is 16.9 Å². The first-order chi connectivity index (χ1) is 31.2. The molecule has 2 amide bonds. The average Bonchev–Trinajstić information content (AvgIpc) is 3.91. The number of ether oxygens (including phenoxy) is 4. The van der Waals surface area contributed by atoms with Gasteiger partial charge in [-0.1, -0.05) is 77.6 Å². The largest absolute Gasteiger partial charge is 0.448 e. The molecule has 1 fully saturated rings. The van der Waals surface area contributed by atoms with Crippen molar-refractivity contribution in [1.82, 2.24) is 35.4 Å². The molecule has 3 N–H and O–H groups in total. The number of hydrogen-bond acceptors (Lipinski definition) is 21. The molecule has 7 rings (SSSR count). The minimum absolute atomic E-state index is 0.0169. The maximum Gasteiger partial charge on any atom is 0.366 e. The average molecular weight is 926 g/mol. The Morgan fingerprint density at radius 1 is 0.923 bits per heavy atom. The van der Waals surface area contributed by atoms with Crippen LogP contribution in [0.25, 0.3) is 0 Å². The highest BCUT2D eigenvalue weighted by molar-refractivity contribution is 8.01. The fraction of sp³-hybridized carbons (Fsp3) is 0.220. The van der Waals surface area contributed by atoms with E-state index in [0.717, 1.165) is 39.2 Å². The Hall–Kier alpha value is -7.86. The van der Waals surface area contributed by atoms with Crippen molar-refractivity contribution in [2.24, 2.45) is 12.2 Å². The number of benzene rings is 3. The Morgan fingerprint density at radius 2 is 1.54 bits per heavy atom. The van der Waals surface area contributed by atoms with E-state index in [4.69, 9.17) is 33.9 Å². The Morgan fingerprint density at radius 3 is 2.08 bits per heavy atom. The number of carbonyl (C=O) groups excluding carboxylic acids is 7. The van der Waals surface area contributed by atoms with Crippen LogP contribution in [0, 0.1) is 0 Å². The van der Waals surface area contributed by atoms with Crippen LogP contribution >= 0.6 is 23.5 Å². The number of oxime groups is 1. The molecule has 0 bridgehead atoms. The van der Waals surface area contributed by atoms with Crippen molar-refractivity contribution in [2.45, 2.75) is 43.4 Å². The van der Waals surface area contributed by atoms with Gasteiger partial charge in [0.2, 0.25) is 10.9 Å². The van der Waals surface area contributed by atoms with Gasteiger partial charge in [0.15, 0.2) is 23.3 Å². The smallest absolute Gasteiger partial charge is 0.366 e. The quantitative estimate of drug-likeness (QED) is 0.0290. The van der Waals surface area contributed by atoms with Crippen LogP contribution in [0.4, 0.5) is 6.01 Å². The van der Waals surface area contributed by atoms with Crippen molar-refractivity contribution >= 4 is 76.9 Å². The van der Waals surface area contributed by atoms with E-state index < -0.39 is 93.7 Å². The predicted molar refractivity (Wildman–Crippen MR) is 226 cm³/mol. The number of tetrazole rings is 1. The number of oxazole rings is 1. The summed E-state index contributed by atoms with van der Waals surface area (Å²) in [7, 11) is 1.66. The molecule has 2 atom stereocenters. The van der Waals surface area contributed by atoms with E-state index in [2.05, 4.69) is 31.0 Å². The maximum atomic E-state index is 14.4. The molecule has 2 aromatic heterocycles. The zero-order chi connectivity index (χ0) is 46.4. The zero-order valence-corrected chi connectivity index (χ0v) is 36.1. The van der Waals surface area contributed by atoms with Crippen LogP contribution in [-0.4, -0.2) is 100 Å². The van der Waals surface area contributed by atoms with Crippen molar-refractivity contribution in [2.75, 3.05) is 17.2 Å². The molecule has 334 valence electrons. The first-order valence-electron chi connectivity index (χ1n) is 19.1. The highest BCUT2D eigenvalue weighted by Crippen LogP contribution is 2.43. The van der Waals surface area contributed by atoms with Crippen LogP contribution < -0.4 is 25.3 Å². The highest BCUT2D eigenvalue weighted by atomic mass is 32.2. The summed E-state index contributed by atoms with van der Waals surface area (Å²) in [6.45, 7) is 3.09. The number of fused-ring (bicyclic) bond motifs is 1. The number of rotatable bonds is 15. The SMILES string of the molecule is CC(=O)Oc1cc(C(=O)O/N=C(\C(=O)N[C@@H]2C(=O)N3C(C(=O)OC(c4ccccc4)c4ccccc4)=C(CSc4nnnn4C)CS[C@@H]23)c2coc(N)n2)cc(OC(C)=O)c1OC(C)=O. The van der Waals surface area contributed by atoms with Crippen LogP contribution in [0.15, 0.2) is 105 Å². The summed E-state index contributed by atoms with van der Waals surface area (Å²) in [5.41, 5.74) is 6.15. The van der Waals surface area contributed by atoms with Crippen molar-refractivity contribution in [3.63, 3.8) is 0 Å². The minimum atomic E-state index is -1.29. The molecule has 24 heteroatoms. The number of aryl methyl sites for hydroxylation is 1. The number of anilines is 1.